The van der Waals surface area contributed by atoms with Gasteiger partial charge in [-0.25, -0.2) is 0 Å². The van der Waals surface area contributed by atoms with Crippen LogP contribution in [0.1, 0.15) is 32.6 Å². The average molecular weight is 254 g/mol. The van der Waals surface area contributed by atoms with E-state index in [4.69, 9.17) is 5.73 Å². The molecule has 2 saturated heterocycles. The molecule has 6 heteroatoms. The van der Waals surface area contributed by atoms with Crippen molar-refractivity contribution in [3.05, 3.63) is 0 Å². The predicted octanol–water partition coefficient (Wildman–Crippen LogP) is 1.25. The molecule has 0 saturated carbocycles. The van der Waals surface area contributed by atoms with Crippen molar-refractivity contribution in [3.63, 3.8) is 0 Å². The van der Waals surface area contributed by atoms with E-state index < -0.39 is 0 Å². The molecule has 3 atom stereocenters. The zero-order chi connectivity index (χ0) is 12.0. The molecule has 2 bridgehead atoms. The van der Waals surface area contributed by atoms with Crippen molar-refractivity contribution in [1.82, 2.24) is 10.2 Å². The van der Waals surface area contributed by atoms with Crippen LogP contribution in [0.2, 0.25) is 0 Å². The van der Waals surface area contributed by atoms with E-state index in [1.807, 2.05) is 0 Å². The van der Waals surface area contributed by atoms with Crippen LogP contribution < -0.4 is 10.6 Å². The second-order valence-corrected chi connectivity index (χ2v) is 6.14. The second kappa shape index (κ2) is 3.81. The smallest absolute Gasteiger partial charge is 0.210 e. The van der Waals surface area contributed by atoms with Crippen LogP contribution in [0.4, 0.5) is 10.3 Å². The molecule has 0 radical (unpaired) electrons. The fraction of sp³-hybridized carbons (Fsp3) is 0.818. The van der Waals surface area contributed by atoms with Gasteiger partial charge in [-0.1, -0.05) is 18.3 Å². The number of aromatic nitrogens is 2. The van der Waals surface area contributed by atoms with Gasteiger partial charge in [-0.2, -0.15) is 0 Å². The lowest BCUT2D eigenvalue weighted by molar-refractivity contribution is 0.0944. The quantitative estimate of drug-likeness (QED) is 0.849. The number of hydrogen-bond donors (Lipinski definition) is 2. The molecule has 5 nitrogen and oxygen atoms in total. The summed E-state index contributed by atoms with van der Waals surface area (Å²) in [7, 11) is 0. The molecule has 0 aromatic carbocycles. The van der Waals surface area contributed by atoms with Gasteiger partial charge in [0, 0.05) is 17.5 Å². The van der Waals surface area contributed by atoms with Gasteiger partial charge in [0.1, 0.15) is 0 Å². The lowest BCUT2D eigenvalue weighted by atomic mass is 9.72. The Labute approximate surface area is 105 Å². The molecule has 0 unspecified atom stereocenters. The highest BCUT2D eigenvalue weighted by atomic mass is 32.1. The highest BCUT2D eigenvalue weighted by Gasteiger charge is 2.55. The summed E-state index contributed by atoms with van der Waals surface area (Å²) in [5, 5.41) is 19.2. The SMILES string of the molecule is CC[C@]1(CO)C[C@H]2CC[C@@H]1N2c1nnc(N)s1. The number of aliphatic hydroxyl groups is 1. The fourth-order valence-corrected chi connectivity index (χ4v) is 4.30. The van der Waals surface area contributed by atoms with Gasteiger partial charge in [-0.05, 0) is 25.7 Å². The number of hydrogen-bond acceptors (Lipinski definition) is 6. The minimum atomic E-state index is 0.0589. The van der Waals surface area contributed by atoms with Gasteiger partial charge in [0.2, 0.25) is 10.3 Å². The van der Waals surface area contributed by atoms with Crippen molar-refractivity contribution in [2.75, 3.05) is 17.2 Å². The van der Waals surface area contributed by atoms with Crippen molar-refractivity contribution in [3.8, 4) is 0 Å². The predicted molar refractivity (Wildman–Crippen MR) is 68.0 cm³/mol. The highest BCUT2D eigenvalue weighted by Crippen LogP contribution is 2.53. The number of aliphatic hydroxyl groups excluding tert-OH is 1. The highest BCUT2D eigenvalue weighted by molar-refractivity contribution is 7.18. The molecule has 94 valence electrons. The molecule has 0 amide bonds. The van der Waals surface area contributed by atoms with Crippen LogP contribution in [-0.4, -0.2) is 34.0 Å². The van der Waals surface area contributed by atoms with Crippen LogP contribution in [0, 0.1) is 5.41 Å². The Morgan fingerprint density at radius 3 is 2.88 bits per heavy atom. The van der Waals surface area contributed by atoms with Gasteiger partial charge < -0.3 is 15.7 Å². The maximum atomic E-state index is 9.72. The van der Waals surface area contributed by atoms with Gasteiger partial charge in [0.05, 0.1) is 6.61 Å². The molecular formula is C11H18N4OS. The molecule has 2 aliphatic heterocycles. The van der Waals surface area contributed by atoms with Crippen LogP contribution in [-0.2, 0) is 0 Å². The zero-order valence-electron chi connectivity index (χ0n) is 9.96. The van der Waals surface area contributed by atoms with E-state index in [1.165, 1.54) is 17.8 Å². The van der Waals surface area contributed by atoms with Crippen LogP contribution >= 0.6 is 11.3 Å². The third-order valence-electron chi connectivity index (χ3n) is 4.52. The first-order valence-corrected chi connectivity index (χ1v) is 7.00. The maximum absolute atomic E-state index is 9.72. The van der Waals surface area contributed by atoms with Gasteiger partial charge in [-0.15, -0.1) is 10.2 Å². The normalized spacial score (nSPS) is 35.8. The molecule has 0 aliphatic carbocycles. The van der Waals surface area contributed by atoms with Crippen LogP contribution in [0.3, 0.4) is 0 Å². The zero-order valence-corrected chi connectivity index (χ0v) is 10.8. The van der Waals surface area contributed by atoms with Gasteiger partial charge >= 0.3 is 0 Å². The monoisotopic (exact) mass is 254 g/mol. The molecular weight excluding hydrogens is 236 g/mol. The van der Waals surface area contributed by atoms with Crippen molar-refractivity contribution < 1.29 is 5.11 Å². The lowest BCUT2D eigenvalue weighted by Gasteiger charge is -2.34. The van der Waals surface area contributed by atoms with Crippen molar-refractivity contribution in [2.45, 2.75) is 44.7 Å². The Kier molecular flexibility index (Phi) is 2.52. The molecule has 3 heterocycles. The van der Waals surface area contributed by atoms with Crippen LogP contribution in [0.5, 0.6) is 0 Å². The minimum absolute atomic E-state index is 0.0589. The molecule has 0 spiro atoms. The summed E-state index contributed by atoms with van der Waals surface area (Å²) in [4.78, 5) is 2.35. The first-order valence-electron chi connectivity index (χ1n) is 6.18. The van der Waals surface area contributed by atoms with Gasteiger partial charge in [0.25, 0.3) is 0 Å². The summed E-state index contributed by atoms with van der Waals surface area (Å²) in [5.74, 6) is 0. The largest absolute Gasteiger partial charge is 0.396 e. The first kappa shape index (κ1) is 11.2. The number of rotatable bonds is 3. The molecule has 3 rings (SSSR count). The van der Waals surface area contributed by atoms with Crippen molar-refractivity contribution >= 4 is 21.6 Å². The Bertz CT molecular complexity index is 417. The summed E-state index contributed by atoms with van der Waals surface area (Å²) in [6.07, 6.45) is 4.45. The maximum Gasteiger partial charge on any atom is 0.210 e. The van der Waals surface area contributed by atoms with E-state index in [9.17, 15) is 5.11 Å². The average Bonchev–Trinajstić information content (AvgIpc) is 3.01. The Morgan fingerprint density at radius 2 is 2.35 bits per heavy atom. The molecule has 2 fully saturated rings. The molecule has 1 aromatic heterocycles. The van der Waals surface area contributed by atoms with Gasteiger partial charge in [-0.3, -0.25) is 0 Å². The van der Waals surface area contributed by atoms with E-state index in [0.29, 0.717) is 17.2 Å². The van der Waals surface area contributed by atoms with E-state index in [2.05, 4.69) is 22.0 Å². The van der Waals surface area contributed by atoms with Crippen molar-refractivity contribution in [2.24, 2.45) is 5.41 Å². The van der Waals surface area contributed by atoms with E-state index in [1.54, 1.807) is 0 Å². The summed E-state index contributed by atoms with van der Waals surface area (Å²) in [6.45, 7) is 2.44. The van der Waals surface area contributed by atoms with Crippen LogP contribution in [0.25, 0.3) is 0 Å². The number of nitrogens with two attached hydrogens (primary N) is 1. The number of fused-ring (bicyclic) bond motifs is 2. The summed E-state index contributed by atoms with van der Waals surface area (Å²) < 4.78 is 0. The Morgan fingerprint density at radius 1 is 1.53 bits per heavy atom. The second-order valence-electron chi connectivity index (χ2n) is 5.16. The van der Waals surface area contributed by atoms with Crippen molar-refractivity contribution in [1.29, 1.82) is 0 Å². The number of nitrogens with zero attached hydrogens (tertiary/aromatic N) is 3. The number of anilines is 2. The fourth-order valence-electron chi connectivity index (χ4n) is 3.57. The summed E-state index contributed by atoms with van der Waals surface area (Å²) in [5.41, 5.74) is 5.72. The minimum Gasteiger partial charge on any atom is -0.396 e. The lowest BCUT2D eigenvalue weighted by Crippen LogP contribution is -2.39. The molecule has 17 heavy (non-hydrogen) atoms. The van der Waals surface area contributed by atoms with Crippen LogP contribution in [0.15, 0.2) is 0 Å². The molecule has 2 aliphatic rings. The third kappa shape index (κ3) is 1.47. The van der Waals surface area contributed by atoms with E-state index in [0.717, 1.165) is 24.4 Å². The molecule has 3 N–H and O–H groups in total. The Balaban J connectivity index is 1.93. The number of nitrogen functional groups attached to an aromatic ring is 1. The first-order chi connectivity index (χ1) is 8.20. The summed E-state index contributed by atoms with van der Waals surface area (Å²) >= 11 is 1.45. The third-order valence-corrected chi connectivity index (χ3v) is 5.29. The molecule has 1 aromatic rings. The van der Waals surface area contributed by atoms with Gasteiger partial charge in [0.15, 0.2) is 0 Å². The Hall–Kier alpha value is -0.880. The standard InChI is InChI=1S/C11H18N4OS/c1-2-11(6-16)5-7-3-4-8(11)15(7)10-14-13-9(12)17-10/h7-8,16H,2-6H2,1H3,(H2,12,13)/t7-,8+,11-/m1/s1. The summed E-state index contributed by atoms with van der Waals surface area (Å²) in [6, 6.07) is 0.925. The topological polar surface area (TPSA) is 75.3 Å². The van der Waals surface area contributed by atoms with E-state index >= 15 is 0 Å². The van der Waals surface area contributed by atoms with E-state index in [-0.39, 0.29) is 12.0 Å².